The SMILES string of the molecule is NC(=NN=Cc1cc(Cl)c(Br)cc1O)SCc1ccccc1. The molecule has 114 valence electrons. The van der Waals surface area contributed by atoms with E-state index in [4.69, 9.17) is 17.3 Å². The molecule has 0 amide bonds. The molecule has 22 heavy (non-hydrogen) atoms. The minimum absolute atomic E-state index is 0.0609. The first-order valence-electron chi connectivity index (χ1n) is 6.27. The molecule has 2 rings (SSSR count). The Morgan fingerprint density at radius 3 is 2.77 bits per heavy atom. The highest BCUT2D eigenvalue weighted by Crippen LogP contribution is 2.29. The Kier molecular flexibility index (Phi) is 6.30. The van der Waals surface area contributed by atoms with Gasteiger partial charge in [0, 0.05) is 15.8 Å². The van der Waals surface area contributed by atoms with E-state index >= 15 is 0 Å². The van der Waals surface area contributed by atoms with Crippen molar-refractivity contribution in [3.05, 3.63) is 63.1 Å². The minimum Gasteiger partial charge on any atom is -0.507 e. The van der Waals surface area contributed by atoms with E-state index in [0.29, 0.717) is 20.2 Å². The van der Waals surface area contributed by atoms with Crippen molar-refractivity contribution in [2.45, 2.75) is 5.75 Å². The summed E-state index contributed by atoms with van der Waals surface area (Å²) in [5.41, 5.74) is 7.41. The average Bonchev–Trinajstić information content (AvgIpc) is 2.51. The fraction of sp³-hybridized carbons (Fsp3) is 0.0667. The molecule has 7 heteroatoms. The number of rotatable bonds is 4. The smallest absolute Gasteiger partial charge is 0.180 e. The third-order valence-corrected chi connectivity index (χ3v) is 4.70. The Morgan fingerprint density at radius 2 is 2.05 bits per heavy atom. The second-order valence-electron chi connectivity index (χ2n) is 4.28. The van der Waals surface area contributed by atoms with Gasteiger partial charge in [-0.3, -0.25) is 0 Å². The highest BCUT2D eigenvalue weighted by atomic mass is 79.9. The molecule has 0 saturated carbocycles. The van der Waals surface area contributed by atoms with Crippen molar-refractivity contribution in [2.75, 3.05) is 0 Å². The van der Waals surface area contributed by atoms with Gasteiger partial charge in [-0.25, -0.2) is 0 Å². The van der Waals surface area contributed by atoms with Crippen molar-refractivity contribution in [1.29, 1.82) is 0 Å². The first kappa shape index (κ1) is 16.9. The molecule has 0 spiro atoms. The van der Waals surface area contributed by atoms with Crippen LogP contribution < -0.4 is 5.73 Å². The van der Waals surface area contributed by atoms with Crippen LogP contribution in [0.1, 0.15) is 11.1 Å². The van der Waals surface area contributed by atoms with Gasteiger partial charge in [-0.05, 0) is 33.6 Å². The van der Waals surface area contributed by atoms with Crippen LogP contribution in [-0.2, 0) is 5.75 Å². The van der Waals surface area contributed by atoms with Gasteiger partial charge >= 0.3 is 0 Å². The van der Waals surface area contributed by atoms with Crippen molar-refractivity contribution in [3.63, 3.8) is 0 Å². The average molecular weight is 399 g/mol. The van der Waals surface area contributed by atoms with Crippen LogP contribution >= 0.6 is 39.3 Å². The van der Waals surface area contributed by atoms with E-state index in [-0.39, 0.29) is 5.75 Å². The van der Waals surface area contributed by atoms with Gasteiger partial charge in [0.2, 0.25) is 0 Å². The number of hydrogen-bond acceptors (Lipinski definition) is 4. The fourth-order valence-electron chi connectivity index (χ4n) is 1.56. The molecule has 0 aromatic heterocycles. The Labute approximate surface area is 146 Å². The number of phenols is 1. The zero-order chi connectivity index (χ0) is 15.9. The van der Waals surface area contributed by atoms with Gasteiger partial charge in [0.25, 0.3) is 0 Å². The second-order valence-corrected chi connectivity index (χ2v) is 6.54. The third kappa shape index (κ3) is 5.05. The zero-order valence-electron chi connectivity index (χ0n) is 11.4. The summed E-state index contributed by atoms with van der Waals surface area (Å²) in [4.78, 5) is 0. The summed E-state index contributed by atoms with van der Waals surface area (Å²) in [5, 5.41) is 18.4. The number of thioether (sulfide) groups is 1. The van der Waals surface area contributed by atoms with Crippen molar-refractivity contribution in [3.8, 4) is 5.75 Å². The molecule has 2 aromatic rings. The van der Waals surface area contributed by atoms with Gasteiger partial charge in [0.1, 0.15) is 5.75 Å². The van der Waals surface area contributed by atoms with Gasteiger partial charge in [-0.2, -0.15) is 5.10 Å². The summed E-state index contributed by atoms with van der Waals surface area (Å²) < 4.78 is 0.616. The predicted octanol–water partition coefficient (Wildman–Crippen LogP) is 4.39. The summed E-state index contributed by atoms with van der Waals surface area (Å²) >= 11 is 10.6. The molecule has 0 heterocycles. The molecular formula is C15H13BrClN3OS. The monoisotopic (exact) mass is 397 g/mol. The number of halogens is 2. The topological polar surface area (TPSA) is 71.0 Å². The van der Waals surface area contributed by atoms with Crippen LogP contribution in [0.3, 0.4) is 0 Å². The standard InChI is InChI=1S/C15H13BrClN3OS/c16-12-7-14(21)11(6-13(12)17)8-19-20-15(18)22-9-10-4-2-1-3-5-10/h1-8,21H,9H2,(H2,18,20). The molecule has 0 unspecified atom stereocenters. The Bertz CT molecular complexity index is 707. The van der Waals surface area contributed by atoms with Crippen molar-refractivity contribution < 1.29 is 5.11 Å². The van der Waals surface area contributed by atoms with E-state index in [1.807, 2.05) is 30.3 Å². The predicted molar refractivity (Wildman–Crippen MR) is 97.8 cm³/mol. The minimum atomic E-state index is 0.0609. The lowest BCUT2D eigenvalue weighted by Gasteiger charge is -2.01. The van der Waals surface area contributed by atoms with Crippen LogP contribution in [0, 0.1) is 0 Å². The molecule has 0 aliphatic carbocycles. The molecule has 2 aromatic carbocycles. The number of benzene rings is 2. The summed E-state index contributed by atoms with van der Waals surface area (Å²) in [6, 6.07) is 13.0. The fourth-order valence-corrected chi connectivity index (χ4v) is 2.68. The second kappa shape index (κ2) is 8.22. The summed E-state index contributed by atoms with van der Waals surface area (Å²) in [6.07, 6.45) is 1.41. The van der Waals surface area contributed by atoms with Crippen molar-refractivity contribution >= 4 is 50.7 Å². The van der Waals surface area contributed by atoms with Gasteiger partial charge in [0.15, 0.2) is 5.17 Å². The van der Waals surface area contributed by atoms with Crippen molar-refractivity contribution in [1.82, 2.24) is 0 Å². The van der Waals surface area contributed by atoms with E-state index < -0.39 is 0 Å². The van der Waals surface area contributed by atoms with E-state index in [0.717, 1.165) is 11.3 Å². The first-order valence-corrected chi connectivity index (χ1v) is 8.43. The maximum absolute atomic E-state index is 9.77. The van der Waals surface area contributed by atoms with E-state index in [1.54, 1.807) is 6.07 Å². The van der Waals surface area contributed by atoms with E-state index in [9.17, 15) is 5.11 Å². The molecule has 0 saturated heterocycles. The van der Waals surface area contributed by atoms with Gasteiger partial charge in [-0.15, -0.1) is 5.10 Å². The van der Waals surface area contributed by atoms with Crippen LogP contribution in [0.5, 0.6) is 5.75 Å². The Hall–Kier alpha value is -1.50. The summed E-state index contributed by atoms with van der Waals surface area (Å²) in [7, 11) is 0. The van der Waals surface area contributed by atoms with Gasteiger partial charge in [-0.1, -0.05) is 53.7 Å². The van der Waals surface area contributed by atoms with Crippen LogP contribution in [0.2, 0.25) is 5.02 Å². The number of phenolic OH excluding ortho intramolecular Hbond substituents is 1. The van der Waals surface area contributed by atoms with Gasteiger partial charge in [0.05, 0.1) is 11.2 Å². The van der Waals surface area contributed by atoms with E-state index in [1.165, 1.54) is 24.0 Å². The number of amidine groups is 1. The Balaban J connectivity index is 1.97. The molecule has 0 bridgehead atoms. The molecule has 0 atom stereocenters. The number of aromatic hydroxyl groups is 1. The lowest BCUT2D eigenvalue weighted by molar-refractivity contribution is 0.474. The van der Waals surface area contributed by atoms with Crippen LogP contribution in [-0.4, -0.2) is 16.5 Å². The van der Waals surface area contributed by atoms with Crippen LogP contribution in [0.25, 0.3) is 0 Å². The molecule has 4 nitrogen and oxygen atoms in total. The summed E-state index contributed by atoms with van der Waals surface area (Å²) in [6.45, 7) is 0. The third-order valence-electron chi connectivity index (χ3n) is 2.65. The molecule has 3 N–H and O–H groups in total. The summed E-state index contributed by atoms with van der Waals surface area (Å²) in [5.74, 6) is 0.784. The van der Waals surface area contributed by atoms with Gasteiger partial charge < -0.3 is 10.8 Å². The molecular weight excluding hydrogens is 386 g/mol. The lowest BCUT2D eigenvalue weighted by Crippen LogP contribution is -2.06. The number of nitrogens with zero attached hydrogens (tertiary/aromatic N) is 2. The quantitative estimate of drug-likeness (QED) is 0.456. The first-order chi connectivity index (χ1) is 10.6. The zero-order valence-corrected chi connectivity index (χ0v) is 14.6. The van der Waals surface area contributed by atoms with E-state index in [2.05, 4.69) is 26.1 Å². The largest absolute Gasteiger partial charge is 0.507 e. The maximum atomic E-state index is 9.77. The highest BCUT2D eigenvalue weighted by Gasteiger charge is 2.04. The molecule has 0 fully saturated rings. The Morgan fingerprint density at radius 1 is 1.32 bits per heavy atom. The molecule has 0 aliphatic heterocycles. The van der Waals surface area contributed by atoms with Crippen molar-refractivity contribution in [2.24, 2.45) is 15.9 Å². The highest BCUT2D eigenvalue weighted by molar-refractivity contribution is 9.10. The number of nitrogens with two attached hydrogens (primary N) is 1. The molecule has 0 radical (unpaired) electrons. The maximum Gasteiger partial charge on any atom is 0.180 e. The van der Waals surface area contributed by atoms with Crippen LogP contribution in [0.4, 0.5) is 0 Å². The number of hydrogen-bond donors (Lipinski definition) is 2. The normalized spacial score (nSPS) is 12.0. The van der Waals surface area contributed by atoms with Crippen LogP contribution in [0.15, 0.2) is 57.1 Å². The molecule has 0 aliphatic rings. The lowest BCUT2D eigenvalue weighted by atomic mass is 10.2.